The molecule has 2 heterocycles. The van der Waals surface area contributed by atoms with Gasteiger partial charge in [0.25, 0.3) is 10.0 Å². The highest BCUT2D eigenvalue weighted by Crippen LogP contribution is 2.47. The summed E-state index contributed by atoms with van der Waals surface area (Å²) in [6, 6.07) is 5.61. The maximum atomic E-state index is 13.4. The second-order valence-electron chi connectivity index (χ2n) is 8.15. The summed E-state index contributed by atoms with van der Waals surface area (Å²) in [5, 5.41) is 0. The molecular weight excluding hydrogens is 443 g/mol. The molecule has 1 N–H and O–H groups in total. The summed E-state index contributed by atoms with van der Waals surface area (Å²) in [5.41, 5.74) is 0.785. The van der Waals surface area contributed by atoms with Gasteiger partial charge in [-0.2, -0.15) is 0 Å². The molecule has 1 amide bonds. The van der Waals surface area contributed by atoms with Gasteiger partial charge in [0.05, 0.1) is 19.2 Å². The summed E-state index contributed by atoms with van der Waals surface area (Å²) >= 11 is 0.984. The number of hydrogen-bond donors (Lipinski definition) is 1. The third-order valence-corrected chi connectivity index (χ3v) is 8.95. The topological polar surface area (TPSA) is 92.8 Å². The molecule has 2 aromatic rings. The molecule has 10 heteroatoms. The van der Waals surface area contributed by atoms with Crippen LogP contribution in [0.15, 0.2) is 28.5 Å². The van der Waals surface area contributed by atoms with E-state index in [9.17, 15) is 22.4 Å². The van der Waals surface area contributed by atoms with Crippen molar-refractivity contribution in [3.05, 3.63) is 51.7 Å². The van der Waals surface area contributed by atoms with Gasteiger partial charge in [-0.3, -0.25) is 4.79 Å². The van der Waals surface area contributed by atoms with Gasteiger partial charge in [-0.15, -0.1) is 11.3 Å². The Balaban J connectivity index is 1.63. The highest BCUT2D eigenvalue weighted by molar-refractivity contribution is 7.91. The smallest absolute Gasteiger partial charge is 0.340 e. The molecule has 0 atom stereocenters. The molecule has 0 spiro atoms. The van der Waals surface area contributed by atoms with Crippen molar-refractivity contribution in [3.8, 4) is 0 Å². The normalized spacial score (nSPS) is 17.2. The summed E-state index contributed by atoms with van der Waals surface area (Å²) < 4.78 is 46.7. The van der Waals surface area contributed by atoms with Crippen molar-refractivity contribution in [2.24, 2.45) is 5.41 Å². The van der Waals surface area contributed by atoms with Gasteiger partial charge < -0.3 is 9.64 Å². The van der Waals surface area contributed by atoms with Crippen molar-refractivity contribution in [1.82, 2.24) is 9.62 Å². The van der Waals surface area contributed by atoms with Crippen LogP contribution in [0.4, 0.5) is 4.39 Å². The van der Waals surface area contributed by atoms with Crippen molar-refractivity contribution in [3.63, 3.8) is 0 Å². The van der Waals surface area contributed by atoms with E-state index in [-0.39, 0.29) is 34.2 Å². The summed E-state index contributed by atoms with van der Waals surface area (Å²) in [6.07, 6.45) is 2.10. The number of fused-ring (bicyclic) bond motifs is 1. The zero-order valence-corrected chi connectivity index (χ0v) is 18.9. The van der Waals surface area contributed by atoms with Gasteiger partial charge in [-0.25, -0.2) is 22.3 Å². The lowest BCUT2D eigenvalue weighted by Gasteiger charge is -2.29. The SMILES string of the molecule is COC(=O)c1c(S(=O)(=O)NCc2cccc(F)c2)sc2c1CCN(C(=O)C1(C)CC1)C2. The van der Waals surface area contributed by atoms with Gasteiger partial charge >= 0.3 is 5.97 Å². The van der Waals surface area contributed by atoms with E-state index in [0.717, 1.165) is 24.2 Å². The standard InChI is InChI=1S/C21H23FN2O5S2/c1-21(7-8-21)20(26)24-9-6-15-16(12-24)30-19(17(15)18(25)29-2)31(27,28)23-11-13-4-3-5-14(22)10-13/h3-5,10,23H,6-9,11-12H2,1-2H3. The molecule has 166 valence electrons. The minimum absolute atomic E-state index is 0.0268. The zero-order chi connectivity index (χ0) is 22.4. The Morgan fingerprint density at radius 3 is 2.71 bits per heavy atom. The number of carbonyl (C=O) groups excluding carboxylic acids is 2. The third kappa shape index (κ3) is 4.24. The van der Waals surface area contributed by atoms with Crippen LogP contribution in [0, 0.1) is 11.2 Å². The lowest BCUT2D eigenvalue weighted by molar-refractivity contribution is -0.137. The van der Waals surface area contributed by atoms with Crippen LogP contribution >= 0.6 is 11.3 Å². The van der Waals surface area contributed by atoms with E-state index in [1.165, 1.54) is 25.3 Å². The van der Waals surface area contributed by atoms with E-state index in [1.54, 1.807) is 11.0 Å². The summed E-state index contributed by atoms with van der Waals surface area (Å²) in [4.78, 5) is 27.6. The van der Waals surface area contributed by atoms with Crippen molar-refractivity contribution >= 4 is 33.2 Å². The van der Waals surface area contributed by atoms with Crippen LogP contribution in [0.25, 0.3) is 0 Å². The quantitative estimate of drug-likeness (QED) is 0.661. The molecule has 1 aromatic heterocycles. The minimum Gasteiger partial charge on any atom is -0.465 e. The molecule has 2 aliphatic rings. The molecule has 0 saturated heterocycles. The van der Waals surface area contributed by atoms with Gasteiger partial charge in [0, 0.05) is 23.4 Å². The highest BCUT2D eigenvalue weighted by atomic mass is 32.2. The van der Waals surface area contributed by atoms with Crippen LogP contribution in [-0.4, -0.2) is 38.8 Å². The van der Waals surface area contributed by atoms with E-state index >= 15 is 0 Å². The number of nitrogens with one attached hydrogen (secondary N) is 1. The maximum Gasteiger partial charge on any atom is 0.340 e. The van der Waals surface area contributed by atoms with Crippen LogP contribution in [0.2, 0.25) is 0 Å². The van der Waals surface area contributed by atoms with E-state index in [0.29, 0.717) is 29.0 Å². The Morgan fingerprint density at radius 1 is 1.32 bits per heavy atom. The number of carbonyl (C=O) groups is 2. The average Bonchev–Trinajstić information content (AvgIpc) is 3.38. The molecule has 31 heavy (non-hydrogen) atoms. The lowest BCUT2D eigenvalue weighted by Crippen LogP contribution is -2.39. The molecule has 1 fully saturated rings. The first kappa shape index (κ1) is 21.9. The van der Waals surface area contributed by atoms with Crippen LogP contribution < -0.4 is 4.72 Å². The lowest BCUT2D eigenvalue weighted by atomic mass is 10.0. The van der Waals surface area contributed by atoms with Crippen LogP contribution in [0.5, 0.6) is 0 Å². The Kier molecular flexibility index (Phi) is 5.65. The Morgan fingerprint density at radius 2 is 2.06 bits per heavy atom. The molecule has 7 nitrogen and oxygen atoms in total. The van der Waals surface area contributed by atoms with Gasteiger partial charge in [0.2, 0.25) is 5.91 Å². The van der Waals surface area contributed by atoms with Crippen molar-refractivity contribution in [2.75, 3.05) is 13.7 Å². The number of thiophene rings is 1. The molecule has 0 unspecified atom stereocenters. The number of rotatable bonds is 6. The van der Waals surface area contributed by atoms with Gasteiger partial charge in [0.1, 0.15) is 10.0 Å². The molecule has 1 saturated carbocycles. The average molecular weight is 467 g/mol. The number of methoxy groups -OCH3 is 1. The first-order chi connectivity index (χ1) is 14.6. The predicted molar refractivity (Wildman–Crippen MR) is 113 cm³/mol. The monoisotopic (exact) mass is 466 g/mol. The fraction of sp³-hybridized carbons (Fsp3) is 0.429. The van der Waals surface area contributed by atoms with Crippen molar-refractivity contribution in [1.29, 1.82) is 0 Å². The number of benzene rings is 1. The number of hydrogen-bond acceptors (Lipinski definition) is 6. The van der Waals surface area contributed by atoms with E-state index in [2.05, 4.69) is 4.72 Å². The predicted octanol–water partition coefficient (Wildman–Crippen LogP) is 2.84. The van der Waals surface area contributed by atoms with Crippen LogP contribution in [0.1, 0.15) is 46.1 Å². The largest absolute Gasteiger partial charge is 0.465 e. The first-order valence-corrected chi connectivity index (χ1v) is 12.2. The molecule has 0 radical (unpaired) electrons. The van der Waals surface area contributed by atoms with Gasteiger partial charge in [-0.05, 0) is 42.5 Å². The molecule has 4 rings (SSSR count). The second kappa shape index (κ2) is 7.99. The number of nitrogens with zero attached hydrogens (tertiary/aromatic N) is 1. The fourth-order valence-electron chi connectivity index (χ4n) is 3.72. The number of amides is 1. The van der Waals surface area contributed by atoms with Crippen LogP contribution in [0.3, 0.4) is 0 Å². The van der Waals surface area contributed by atoms with E-state index < -0.39 is 21.8 Å². The van der Waals surface area contributed by atoms with E-state index in [1.807, 2.05) is 6.92 Å². The molecule has 0 bridgehead atoms. The fourth-order valence-corrected chi connectivity index (χ4v) is 6.68. The molecular formula is C21H23FN2O5S2. The number of halogens is 1. The van der Waals surface area contributed by atoms with Crippen molar-refractivity contribution in [2.45, 2.75) is 43.5 Å². The maximum absolute atomic E-state index is 13.4. The number of sulfonamides is 1. The van der Waals surface area contributed by atoms with E-state index in [4.69, 9.17) is 4.74 Å². The van der Waals surface area contributed by atoms with Crippen molar-refractivity contribution < 1.29 is 27.1 Å². The number of ether oxygens (including phenoxy) is 1. The Labute approximate surface area is 184 Å². The Hall–Kier alpha value is -2.30. The molecule has 1 aliphatic carbocycles. The summed E-state index contributed by atoms with van der Waals surface area (Å²) in [6.45, 7) is 2.52. The first-order valence-electron chi connectivity index (χ1n) is 9.91. The minimum atomic E-state index is -4.06. The zero-order valence-electron chi connectivity index (χ0n) is 17.2. The second-order valence-corrected chi connectivity index (χ2v) is 11.2. The Bertz CT molecular complexity index is 1150. The summed E-state index contributed by atoms with van der Waals surface area (Å²) in [7, 11) is -2.86. The van der Waals surface area contributed by atoms with Gasteiger partial charge in [0.15, 0.2) is 0 Å². The summed E-state index contributed by atoms with van der Waals surface area (Å²) in [5.74, 6) is -1.12. The van der Waals surface area contributed by atoms with Crippen LogP contribution in [-0.2, 0) is 39.1 Å². The molecule has 1 aliphatic heterocycles. The third-order valence-electron chi connectivity index (χ3n) is 5.82. The molecule has 1 aromatic carbocycles. The number of esters is 1. The van der Waals surface area contributed by atoms with Gasteiger partial charge in [-0.1, -0.05) is 19.1 Å². The highest BCUT2D eigenvalue weighted by Gasteiger charge is 2.48.